The van der Waals surface area contributed by atoms with Crippen molar-refractivity contribution in [2.45, 2.75) is 33.4 Å². The lowest BCUT2D eigenvalue weighted by Gasteiger charge is -2.21. The van der Waals surface area contributed by atoms with Gasteiger partial charge in [-0.2, -0.15) is 0 Å². The molecule has 0 unspecified atom stereocenters. The van der Waals surface area contributed by atoms with Crippen LogP contribution in [0.3, 0.4) is 0 Å². The molecular formula is C20H22FNO3. The molecule has 4 nitrogen and oxygen atoms in total. The molecule has 0 fully saturated rings. The number of nitrogens with one attached hydrogen (secondary N) is 1. The molecule has 5 heteroatoms. The quantitative estimate of drug-likeness (QED) is 0.815. The van der Waals surface area contributed by atoms with Crippen LogP contribution in [0.25, 0.3) is 0 Å². The van der Waals surface area contributed by atoms with Crippen LogP contribution in [0.4, 0.5) is 4.39 Å². The number of carbonyl (C=O) groups excluding carboxylic acids is 2. The van der Waals surface area contributed by atoms with E-state index in [9.17, 15) is 14.0 Å². The molecular weight excluding hydrogens is 321 g/mol. The van der Waals surface area contributed by atoms with Crippen LogP contribution in [-0.4, -0.2) is 17.9 Å². The second kappa shape index (κ2) is 8.42. The number of rotatable bonds is 6. The van der Waals surface area contributed by atoms with Crippen molar-refractivity contribution < 1.29 is 18.7 Å². The van der Waals surface area contributed by atoms with Crippen LogP contribution < -0.4 is 5.32 Å². The van der Waals surface area contributed by atoms with Crippen molar-refractivity contribution in [1.82, 2.24) is 5.32 Å². The fourth-order valence-electron chi connectivity index (χ4n) is 2.35. The van der Waals surface area contributed by atoms with Gasteiger partial charge in [-0.05, 0) is 30.5 Å². The van der Waals surface area contributed by atoms with E-state index in [2.05, 4.69) is 5.32 Å². The third-order valence-corrected chi connectivity index (χ3v) is 3.80. The fourth-order valence-corrected chi connectivity index (χ4v) is 2.35. The standard InChI is InChI=1S/C20H22FNO3/c1-13(2)18(20(24)25-12-15-7-5-4-6-8-15)22-19(23)16-11-14(3)9-10-17(16)21/h4-11,13,18H,12H2,1-3H3,(H,22,23)/t18-/m1/s1. The molecule has 2 rings (SSSR count). The van der Waals surface area contributed by atoms with E-state index in [1.807, 2.05) is 30.3 Å². The molecule has 2 aromatic rings. The molecule has 132 valence electrons. The van der Waals surface area contributed by atoms with Gasteiger partial charge in [-0.1, -0.05) is 55.8 Å². The van der Waals surface area contributed by atoms with Crippen molar-refractivity contribution >= 4 is 11.9 Å². The van der Waals surface area contributed by atoms with Crippen molar-refractivity contribution in [3.63, 3.8) is 0 Å². The van der Waals surface area contributed by atoms with Crippen molar-refractivity contribution in [3.8, 4) is 0 Å². The van der Waals surface area contributed by atoms with Gasteiger partial charge in [0.15, 0.2) is 0 Å². The molecule has 0 saturated heterocycles. The lowest BCUT2D eigenvalue weighted by Crippen LogP contribution is -2.45. The van der Waals surface area contributed by atoms with E-state index < -0.39 is 23.7 Å². The van der Waals surface area contributed by atoms with Crippen molar-refractivity contribution in [3.05, 3.63) is 71.0 Å². The number of ether oxygens (including phenoxy) is 1. The SMILES string of the molecule is Cc1ccc(F)c(C(=O)N[C@@H](C(=O)OCc2ccccc2)C(C)C)c1. The van der Waals surface area contributed by atoms with Crippen LogP contribution in [0.5, 0.6) is 0 Å². The van der Waals surface area contributed by atoms with Gasteiger partial charge in [0.05, 0.1) is 5.56 Å². The summed E-state index contributed by atoms with van der Waals surface area (Å²) < 4.78 is 19.2. The minimum absolute atomic E-state index is 0.0819. The van der Waals surface area contributed by atoms with Gasteiger partial charge in [0.25, 0.3) is 5.91 Å². The van der Waals surface area contributed by atoms with Crippen molar-refractivity contribution in [2.24, 2.45) is 5.92 Å². The maximum atomic E-state index is 13.9. The van der Waals surface area contributed by atoms with E-state index in [-0.39, 0.29) is 18.1 Å². The number of hydrogen-bond acceptors (Lipinski definition) is 3. The first-order chi connectivity index (χ1) is 11.9. The molecule has 25 heavy (non-hydrogen) atoms. The van der Waals surface area contributed by atoms with Crippen LogP contribution in [0.1, 0.15) is 35.3 Å². The molecule has 1 N–H and O–H groups in total. The molecule has 0 aliphatic rings. The number of benzene rings is 2. The number of hydrogen-bond donors (Lipinski definition) is 1. The van der Waals surface area contributed by atoms with Crippen LogP contribution in [0, 0.1) is 18.7 Å². The maximum absolute atomic E-state index is 13.9. The van der Waals surface area contributed by atoms with Crippen LogP contribution in [0.15, 0.2) is 48.5 Å². The smallest absolute Gasteiger partial charge is 0.329 e. The molecule has 1 amide bonds. The highest BCUT2D eigenvalue weighted by Crippen LogP contribution is 2.13. The Morgan fingerprint density at radius 2 is 1.80 bits per heavy atom. The van der Waals surface area contributed by atoms with Gasteiger partial charge in [0.1, 0.15) is 18.5 Å². The summed E-state index contributed by atoms with van der Waals surface area (Å²) in [5, 5.41) is 2.58. The molecule has 0 aliphatic carbocycles. The molecule has 0 aliphatic heterocycles. The predicted octanol–water partition coefficient (Wildman–Crippen LogP) is 3.63. The summed E-state index contributed by atoms with van der Waals surface area (Å²) in [5.74, 6) is -1.99. The number of aryl methyl sites for hydroxylation is 1. The lowest BCUT2D eigenvalue weighted by molar-refractivity contribution is -0.148. The summed E-state index contributed by atoms with van der Waals surface area (Å²) in [6.45, 7) is 5.48. The van der Waals surface area contributed by atoms with E-state index in [0.29, 0.717) is 0 Å². The average molecular weight is 343 g/mol. The first kappa shape index (κ1) is 18.6. The molecule has 0 spiro atoms. The summed E-state index contributed by atoms with van der Waals surface area (Å²) >= 11 is 0. The van der Waals surface area contributed by atoms with Gasteiger partial charge in [-0.15, -0.1) is 0 Å². The van der Waals surface area contributed by atoms with Crippen LogP contribution in [-0.2, 0) is 16.1 Å². The Hall–Kier alpha value is -2.69. The zero-order valence-electron chi connectivity index (χ0n) is 14.6. The summed E-state index contributed by atoms with van der Waals surface area (Å²) in [4.78, 5) is 24.7. The Morgan fingerprint density at radius 3 is 2.44 bits per heavy atom. The normalized spacial score (nSPS) is 11.9. The molecule has 0 heterocycles. The van der Waals surface area contributed by atoms with Gasteiger partial charge in [-0.25, -0.2) is 9.18 Å². The first-order valence-corrected chi connectivity index (χ1v) is 8.16. The summed E-state index contributed by atoms with van der Waals surface area (Å²) in [7, 11) is 0. The molecule has 0 bridgehead atoms. The van der Waals surface area contributed by atoms with Crippen LogP contribution >= 0.6 is 0 Å². The highest BCUT2D eigenvalue weighted by molar-refractivity contribution is 5.97. The third-order valence-electron chi connectivity index (χ3n) is 3.80. The topological polar surface area (TPSA) is 55.4 Å². The highest BCUT2D eigenvalue weighted by Gasteiger charge is 2.27. The average Bonchev–Trinajstić information content (AvgIpc) is 2.60. The monoisotopic (exact) mass is 343 g/mol. The molecule has 0 aromatic heterocycles. The number of esters is 1. The third kappa shape index (κ3) is 5.14. The van der Waals surface area contributed by atoms with Gasteiger partial charge in [0, 0.05) is 0 Å². The Kier molecular flexibility index (Phi) is 6.28. The molecule has 2 aromatic carbocycles. The van der Waals surface area contributed by atoms with E-state index >= 15 is 0 Å². The number of amides is 1. The Morgan fingerprint density at radius 1 is 1.12 bits per heavy atom. The van der Waals surface area contributed by atoms with Gasteiger partial charge in [0.2, 0.25) is 0 Å². The fraction of sp³-hybridized carbons (Fsp3) is 0.300. The zero-order valence-corrected chi connectivity index (χ0v) is 14.6. The Bertz CT molecular complexity index is 744. The summed E-state index contributed by atoms with van der Waals surface area (Å²) in [6, 6.07) is 12.7. The van der Waals surface area contributed by atoms with Gasteiger partial charge < -0.3 is 10.1 Å². The maximum Gasteiger partial charge on any atom is 0.329 e. The minimum atomic E-state index is -0.851. The van der Waals surface area contributed by atoms with E-state index in [1.54, 1.807) is 26.8 Å². The summed E-state index contributed by atoms with van der Waals surface area (Å²) in [6.07, 6.45) is 0. The number of carbonyl (C=O) groups is 2. The summed E-state index contributed by atoms with van der Waals surface area (Å²) in [5.41, 5.74) is 1.54. The van der Waals surface area contributed by atoms with E-state index in [1.165, 1.54) is 12.1 Å². The van der Waals surface area contributed by atoms with Crippen molar-refractivity contribution in [1.29, 1.82) is 0 Å². The second-order valence-electron chi connectivity index (χ2n) is 6.27. The second-order valence-corrected chi connectivity index (χ2v) is 6.27. The zero-order chi connectivity index (χ0) is 18.4. The first-order valence-electron chi connectivity index (χ1n) is 8.16. The minimum Gasteiger partial charge on any atom is -0.459 e. The van der Waals surface area contributed by atoms with E-state index in [0.717, 1.165) is 11.1 Å². The molecule has 0 radical (unpaired) electrons. The van der Waals surface area contributed by atoms with Gasteiger partial charge >= 0.3 is 5.97 Å². The predicted molar refractivity (Wildman–Crippen MR) is 93.5 cm³/mol. The van der Waals surface area contributed by atoms with Gasteiger partial charge in [-0.3, -0.25) is 4.79 Å². The largest absolute Gasteiger partial charge is 0.459 e. The van der Waals surface area contributed by atoms with Crippen LogP contribution in [0.2, 0.25) is 0 Å². The molecule has 0 saturated carbocycles. The Balaban J connectivity index is 2.05. The lowest BCUT2D eigenvalue weighted by atomic mass is 10.0. The van der Waals surface area contributed by atoms with E-state index in [4.69, 9.17) is 4.74 Å². The molecule has 1 atom stereocenters. The number of halogens is 1. The Labute approximate surface area is 147 Å². The van der Waals surface area contributed by atoms with Crippen molar-refractivity contribution in [2.75, 3.05) is 0 Å². The highest BCUT2D eigenvalue weighted by atomic mass is 19.1.